The van der Waals surface area contributed by atoms with Crippen LogP contribution >= 0.6 is 0 Å². The van der Waals surface area contributed by atoms with Gasteiger partial charge in [0.2, 0.25) is 0 Å². The topological polar surface area (TPSA) is 33.1 Å². The summed E-state index contributed by atoms with van der Waals surface area (Å²) in [6.07, 6.45) is 1.30. The molecule has 1 N–H and O–H groups in total. The summed E-state index contributed by atoms with van der Waals surface area (Å²) < 4.78 is 0. The van der Waals surface area contributed by atoms with Crippen LogP contribution in [0.1, 0.15) is 38.1 Å². The molecular formula is C11H17NO. The summed E-state index contributed by atoms with van der Waals surface area (Å²) in [5, 5.41) is 9.91. The fraction of sp³-hybridized carbons (Fsp3) is 0.545. The second-order valence-corrected chi connectivity index (χ2v) is 4.50. The van der Waals surface area contributed by atoms with Crippen molar-refractivity contribution < 1.29 is 5.11 Å². The van der Waals surface area contributed by atoms with Crippen LogP contribution in [0.4, 0.5) is 0 Å². The molecule has 2 nitrogen and oxygen atoms in total. The van der Waals surface area contributed by atoms with E-state index in [-0.39, 0.29) is 5.41 Å². The molecule has 0 aliphatic carbocycles. The Labute approximate surface area is 79.6 Å². The van der Waals surface area contributed by atoms with Crippen molar-refractivity contribution in [2.24, 2.45) is 5.41 Å². The predicted molar refractivity (Wildman–Crippen MR) is 53.4 cm³/mol. The second kappa shape index (κ2) is 3.46. The van der Waals surface area contributed by atoms with E-state index in [0.717, 1.165) is 11.3 Å². The number of rotatable bonds is 1. The number of aryl methyl sites for hydroxylation is 1. The van der Waals surface area contributed by atoms with Crippen molar-refractivity contribution in [2.45, 2.75) is 33.8 Å². The van der Waals surface area contributed by atoms with Crippen LogP contribution in [-0.4, -0.2) is 10.1 Å². The van der Waals surface area contributed by atoms with Crippen LogP contribution in [0.15, 0.2) is 18.3 Å². The van der Waals surface area contributed by atoms with Gasteiger partial charge >= 0.3 is 0 Å². The summed E-state index contributed by atoms with van der Waals surface area (Å²) in [6, 6.07) is 3.85. The Bertz CT molecular complexity index is 271. The lowest BCUT2D eigenvalue weighted by molar-refractivity contribution is 0.0623. The number of pyridine rings is 1. The summed E-state index contributed by atoms with van der Waals surface area (Å²) in [7, 11) is 0. The lowest BCUT2D eigenvalue weighted by Crippen LogP contribution is -2.17. The summed E-state index contributed by atoms with van der Waals surface area (Å²) in [4.78, 5) is 4.15. The van der Waals surface area contributed by atoms with Crippen LogP contribution in [0.3, 0.4) is 0 Å². The molecule has 0 aromatic carbocycles. The molecule has 0 bridgehead atoms. The lowest BCUT2D eigenvalue weighted by atomic mass is 9.85. The third kappa shape index (κ3) is 2.52. The fourth-order valence-corrected chi connectivity index (χ4v) is 1.14. The molecule has 72 valence electrons. The van der Waals surface area contributed by atoms with Crippen molar-refractivity contribution in [3.63, 3.8) is 0 Å². The molecule has 1 atom stereocenters. The highest BCUT2D eigenvalue weighted by Gasteiger charge is 2.23. The van der Waals surface area contributed by atoms with E-state index in [0.29, 0.717) is 0 Å². The number of nitrogens with zero attached hydrogens (tertiary/aromatic N) is 1. The van der Waals surface area contributed by atoms with Crippen LogP contribution < -0.4 is 0 Å². The van der Waals surface area contributed by atoms with Gasteiger partial charge in [0.15, 0.2) is 0 Å². The van der Waals surface area contributed by atoms with E-state index in [1.165, 1.54) is 0 Å². The molecule has 1 heterocycles. The zero-order valence-corrected chi connectivity index (χ0v) is 8.70. The van der Waals surface area contributed by atoms with Gasteiger partial charge in [-0.2, -0.15) is 0 Å². The van der Waals surface area contributed by atoms with E-state index >= 15 is 0 Å². The first-order chi connectivity index (χ1) is 5.91. The molecule has 0 saturated carbocycles. The summed E-state index contributed by atoms with van der Waals surface area (Å²) in [6.45, 7) is 7.97. The maximum absolute atomic E-state index is 9.91. The molecule has 0 aliphatic rings. The van der Waals surface area contributed by atoms with E-state index in [1.807, 2.05) is 39.8 Å². The van der Waals surface area contributed by atoms with Gasteiger partial charge in [-0.3, -0.25) is 4.98 Å². The largest absolute Gasteiger partial charge is 0.388 e. The third-order valence-corrected chi connectivity index (χ3v) is 2.07. The normalized spacial score (nSPS) is 14.2. The Morgan fingerprint density at radius 3 is 2.31 bits per heavy atom. The molecule has 0 saturated heterocycles. The second-order valence-electron chi connectivity index (χ2n) is 4.50. The maximum atomic E-state index is 9.91. The molecular weight excluding hydrogens is 162 g/mol. The van der Waals surface area contributed by atoms with Crippen molar-refractivity contribution >= 4 is 0 Å². The van der Waals surface area contributed by atoms with Crippen LogP contribution in [0.5, 0.6) is 0 Å². The van der Waals surface area contributed by atoms with Crippen molar-refractivity contribution in [3.8, 4) is 0 Å². The monoisotopic (exact) mass is 179 g/mol. The van der Waals surface area contributed by atoms with Gasteiger partial charge in [-0.15, -0.1) is 0 Å². The smallest absolute Gasteiger partial charge is 0.0853 e. The Morgan fingerprint density at radius 2 is 1.92 bits per heavy atom. The van der Waals surface area contributed by atoms with Gasteiger partial charge in [0.1, 0.15) is 0 Å². The van der Waals surface area contributed by atoms with Crippen LogP contribution in [0.2, 0.25) is 0 Å². The van der Waals surface area contributed by atoms with E-state index in [2.05, 4.69) is 4.98 Å². The Kier molecular flexibility index (Phi) is 2.71. The lowest BCUT2D eigenvalue weighted by Gasteiger charge is -2.25. The highest BCUT2D eigenvalue weighted by Crippen LogP contribution is 2.31. The van der Waals surface area contributed by atoms with E-state index in [4.69, 9.17) is 0 Å². The zero-order valence-electron chi connectivity index (χ0n) is 8.70. The Balaban J connectivity index is 2.90. The first kappa shape index (κ1) is 10.2. The van der Waals surface area contributed by atoms with Gasteiger partial charge in [-0.05, 0) is 24.0 Å². The maximum Gasteiger partial charge on any atom is 0.0853 e. The van der Waals surface area contributed by atoms with Gasteiger partial charge in [0, 0.05) is 11.9 Å². The molecule has 1 rings (SSSR count). The molecule has 1 aromatic heterocycles. The molecule has 0 amide bonds. The van der Waals surface area contributed by atoms with Gasteiger partial charge < -0.3 is 5.11 Å². The number of aromatic nitrogens is 1. The number of aliphatic hydroxyl groups excluding tert-OH is 1. The highest BCUT2D eigenvalue weighted by molar-refractivity contribution is 5.17. The quantitative estimate of drug-likeness (QED) is 0.718. The summed E-state index contributed by atoms with van der Waals surface area (Å²) in [5.74, 6) is 0. The van der Waals surface area contributed by atoms with E-state index in [1.54, 1.807) is 6.20 Å². The van der Waals surface area contributed by atoms with Crippen molar-refractivity contribution in [2.75, 3.05) is 0 Å². The number of aliphatic hydroxyl groups is 1. The van der Waals surface area contributed by atoms with Gasteiger partial charge in [-0.25, -0.2) is 0 Å². The van der Waals surface area contributed by atoms with E-state index < -0.39 is 6.10 Å². The highest BCUT2D eigenvalue weighted by atomic mass is 16.3. The SMILES string of the molecule is Cc1ccc(C(O)C(C)(C)C)cn1. The van der Waals surface area contributed by atoms with Crippen LogP contribution in [0.25, 0.3) is 0 Å². The van der Waals surface area contributed by atoms with Crippen LogP contribution in [0, 0.1) is 12.3 Å². The summed E-state index contributed by atoms with van der Waals surface area (Å²) >= 11 is 0. The third-order valence-electron chi connectivity index (χ3n) is 2.07. The Morgan fingerprint density at radius 1 is 1.31 bits per heavy atom. The predicted octanol–water partition coefficient (Wildman–Crippen LogP) is 2.47. The first-order valence-electron chi connectivity index (χ1n) is 4.52. The molecule has 0 spiro atoms. The van der Waals surface area contributed by atoms with E-state index in [9.17, 15) is 5.11 Å². The van der Waals surface area contributed by atoms with Crippen molar-refractivity contribution in [1.82, 2.24) is 4.98 Å². The van der Waals surface area contributed by atoms with Gasteiger partial charge in [0.05, 0.1) is 6.10 Å². The molecule has 1 aromatic rings. The minimum atomic E-state index is -0.444. The average molecular weight is 179 g/mol. The van der Waals surface area contributed by atoms with Crippen LogP contribution in [-0.2, 0) is 0 Å². The number of hydrogen-bond donors (Lipinski definition) is 1. The molecule has 0 aliphatic heterocycles. The molecule has 0 radical (unpaired) electrons. The Hall–Kier alpha value is -0.890. The minimum absolute atomic E-state index is 0.128. The summed E-state index contributed by atoms with van der Waals surface area (Å²) in [5.41, 5.74) is 1.74. The van der Waals surface area contributed by atoms with Gasteiger partial charge in [0.25, 0.3) is 0 Å². The zero-order chi connectivity index (χ0) is 10.1. The van der Waals surface area contributed by atoms with Crippen molar-refractivity contribution in [1.29, 1.82) is 0 Å². The molecule has 0 fully saturated rings. The molecule has 2 heteroatoms. The minimum Gasteiger partial charge on any atom is -0.388 e. The van der Waals surface area contributed by atoms with Crippen molar-refractivity contribution in [3.05, 3.63) is 29.6 Å². The fourth-order valence-electron chi connectivity index (χ4n) is 1.14. The molecule has 13 heavy (non-hydrogen) atoms. The van der Waals surface area contributed by atoms with Gasteiger partial charge in [-0.1, -0.05) is 26.8 Å². The first-order valence-corrected chi connectivity index (χ1v) is 4.52. The number of hydrogen-bond acceptors (Lipinski definition) is 2. The molecule has 1 unspecified atom stereocenters. The standard InChI is InChI=1S/C11H17NO/c1-8-5-6-9(7-12-8)10(13)11(2,3)4/h5-7,10,13H,1-4H3. The average Bonchev–Trinajstić information content (AvgIpc) is 2.03.